The summed E-state index contributed by atoms with van der Waals surface area (Å²) in [6.07, 6.45) is 5.98. The van der Waals surface area contributed by atoms with Crippen LogP contribution in [0.4, 0.5) is 0 Å². The molecule has 6 heteroatoms. The van der Waals surface area contributed by atoms with Gasteiger partial charge in [-0.2, -0.15) is 0 Å². The Morgan fingerprint density at radius 2 is 2.29 bits per heavy atom. The van der Waals surface area contributed by atoms with Crippen molar-refractivity contribution in [3.8, 4) is 0 Å². The van der Waals surface area contributed by atoms with Gasteiger partial charge in [0.15, 0.2) is 0 Å². The number of aryl methyl sites for hydroxylation is 1. The lowest BCUT2D eigenvalue weighted by molar-refractivity contribution is -0.137. The number of nitrogens with zero attached hydrogens (tertiary/aromatic N) is 2. The van der Waals surface area contributed by atoms with E-state index in [1.165, 1.54) is 0 Å². The largest absolute Gasteiger partial charge is 0.481 e. The van der Waals surface area contributed by atoms with Crippen LogP contribution in [0.3, 0.4) is 0 Å². The molecule has 0 aliphatic carbocycles. The Hall–Kier alpha value is -1.85. The monoisotopic (exact) mass is 239 g/mol. The van der Waals surface area contributed by atoms with Crippen LogP contribution in [0.1, 0.15) is 26.2 Å². The van der Waals surface area contributed by atoms with Crippen LogP contribution in [0.15, 0.2) is 18.7 Å². The summed E-state index contributed by atoms with van der Waals surface area (Å²) in [5, 5.41) is 11.4. The lowest BCUT2D eigenvalue weighted by Crippen LogP contribution is -2.36. The highest BCUT2D eigenvalue weighted by Gasteiger charge is 2.13. The van der Waals surface area contributed by atoms with Gasteiger partial charge in [-0.25, -0.2) is 4.98 Å². The maximum atomic E-state index is 11.6. The number of carbonyl (C=O) groups is 2. The number of hydrogen-bond donors (Lipinski definition) is 2. The number of hydrogen-bond acceptors (Lipinski definition) is 3. The fraction of sp³-hybridized carbons (Fsp3) is 0.545. The summed E-state index contributed by atoms with van der Waals surface area (Å²) in [7, 11) is 0. The van der Waals surface area contributed by atoms with Gasteiger partial charge >= 0.3 is 5.97 Å². The van der Waals surface area contributed by atoms with Crippen molar-refractivity contribution in [2.45, 2.75) is 38.8 Å². The zero-order valence-electron chi connectivity index (χ0n) is 9.80. The Morgan fingerprint density at radius 3 is 2.82 bits per heavy atom. The summed E-state index contributed by atoms with van der Waals surface area (Å²) in [4.78, 5) is 26.0. The number of carbonyl (C=O) groups excluding carboxylic acids is 1. The fourth-order valence-electron chi connectivity index (χ4n) is 1.46. The SMILES string of the molecule is CCC(CC(=O)O)NC(=O)CCn1ccnc1. The van der Waals surface area contributed by atoms with E-state index in [1.807, 2.05) is 6.92 Å². The van der Waals surface area contributed by atoms with Crippen molar-refractivity contribution in [2.75, 3.05) is 0 Å². The van der Waals surface area contributed by atoms with E-state index in [-0.39, 0.29) is 18.4 Å². The van der Waals surface area contributed by atoms with Gasteiger partial charge in [-0.15, -0.1) is 0 Å². The molecule has 1 amide bonds. The molecule has 0 aromatic carbocycles. The van der Waals surface area contributed by atoms with Crippen LogP contribution < -0.4 is 5.32 Å². The molecular formula is C11H17N3O3. The van der Waals surface area contributed by atoms with Crippen molar-refractivity contribution in [3.05, 3.63) is 18.7 Å². The number of aromatic nitrogens is 2. The Balaban J connectivity index is 2.30. The molecule has 0 saturated heterocycles. The molecule has 1 aromatic heterocycles. The molecule has 0 radical (unpaired) electrons. The maximum Gasteiger partial charge on any atom is 0.305 e. The Labute approximate surface area is 99.7 Å². The van der Waals surface area contributed by atoms with Gasteiger partial charge in [0.25, 0.3) is 0 Å². The lowest BCUT2D eigenvalue weighted by Gasteiger charge is -2.14. The van der Waals surface area contributed by atoms with E-state index in [1.54, 1.807) is 23.3 Å². The van der Waals surface area contributed by atoms with Crippen LogP contribution in [-0.4, -0.2) is 32.6 Å². The van der Waals surface area contributed by atoms with Gasteiger partial charge in [-0.05, 0) is 6.42 Å². The maximum absolute atomic E-state index is 11.6. The number of rotatable bonds is 7. The third kappa shape index (κ3) is 5.14. The first-order valence-corrected chi connectivity index (χ1v) is 5.58. The molecule has 2 N–H and O–H groups in total. The minimum atomic E-state index is -0.897. The van der Waals surface area contributed by atoms with E-state index < -0.39 is 5.97 Å². The fourth-order valence-corrected chi connectivity index (χ4v) is 1.46. The lowest BCUT2D eigenvalue weighted by atomic mass is 10.1. The molecule has 1 heterocycles. The number of carboxylic acids is 1. The summed E-state index contributed by atoms with van der Waals surface area (Å²) in [5.74, 6) is -1.03. The molecular weight excluding hydrogens is 222 g/mol. The van der Waals surface area contributed by atoms with E-state index in [0.29, 0.717) is 19.4 Å². The van der Waals surface area contributed by atoms with E-state index in [0.717, 1.165) is 0 Å². The van der Waals surface area contributed by atoms with Gasteiger partial charge in [0, 0.05) is 31.4 Å². The summed E-state index contributed by atoms with van der Waals surface area (Å²) >= 11 is 0. The summed E-state index contributed by atoms with van der Waals surface area (Å²) < 4.78 is 1.80. The summed E-state index contributed by atoms with van der Waals surface area (Å²) in [6.45, 7) is 2.40. The van der Waals surface area contributed by atoms with Crippen LogP contribution in [0.5, 0.6) is 0 Å². The zero-order valence-corrected chi connectivity index (χ0v) is 9.80. The zero-order chi connectivity index (χ0) is 12.7. The molecule has 17 heavy (non-hydrogen) atoms. The molecule has 1 aromatic rings. The van der Waals surface area contributed by atoms with Crippen molar-refractivity contribution >= 4 is 11.9 Å². The molecule has 0 fully saturated rings. The van der Waals surface area contributed by atoms with Crippen LogP contribution in [0.25, 0.3) is 0 Å². The van der Waals surface area contributed by atoms with Gasteiger partial charge in [0.1, 0.15) is 0 Å². The van der Waals surface area contributed by atoms with E-state index >= 15 is 0 Å². The van der Waals surface area contributed by atoms with E-state index in [4.69, 9.17) is 5.11 Å². The number of carboxylic acid groups (broad SMARTS) is 1. The minimum Gasteiger partial charge on any atom is -0.481 e. The topological polar surface area (TPSA) is 84.2 Å². The first kappa shape index (κ1) is 13.2. The second-order valence-electron chi connectivity index (χ2n) is 3.82. The molecule has 94 valence electrons. The highest BCUT2D eigenvalue weighted by molar-refractivity contribution is 5.77. The van der Waals surface area contributed by atoms with Crippen LogP contribution in [0, 0.1) is 0 Å². The second-order valence-corrected chi connectivity index (χ2v) is 3.82. The third-order valence-electron chi connectivity index (χ3n) is 2.44. The average molecular weight is 239 g/mol. The van der Waals surface area contributed by atoms with Crippen molar-refractivity contribution in [1.82, 2.24) is 14.9 Å². The van der Waals surface area contributed by atoms with Crippen LogP contribution in [-0.2, 0) is 16.1 Å². The summed E-state index contributed by atoms with van der Waals surface area (Å²) in [5.41, 5.74) is 0. The highest BCUT2D eigenvalue weighted by atomic mass is 16.4. The molecule has 6 nitrogen and oxygen atoms in total. The molecule has 1 unspecified atom stereocenters. The van der Waals surface area contributed by atoms with Crippen LogP contribution in [0.2, 0.25) is 0 Å². The molecule has 0 aliphatic heterocycles. The van der Waals surface area contributed by atoms with Crippen molar-refractivity contribution in [3.63, 3.8) is 0 Å². The number of amides is 1. The van der Waals surface area contributed by atoms with Gasteiger partial charge in [0.2, 0.25) is 5.91 Å². The molecule has 0 aliphatic rings. The second kappa shape index (κ2) is 6.67. The molecule has 0 bridgehead atoms. The van der Waals surface area contributed by atoms with Gasteiger partial charge in [-0.1, -0.05) is 6.92 Å². The average Bonchev–Trinajstić information content (AvgIpc) is 2.77. The molecule has 1 atom stereocenters. The standard InChI is InChI=1S/C11H17N3O3/c1-2-9(7-11(16)17)13-10(15)3-5-14-6-4-12-8-14/h4,6,8-9H,2-3,5,7H2,1H3,(H,13,15)(H,16,17). The molecule has 0 spiro atoms. The smallest absolute Gasteiger partial charge is 0.305 e. The number of nitrogens with one attached hydrogen (secondary N) is 1. The van der Waals surface area contributed by atoms with Gasteiger partial charge in [-0.3, -0.25) is 9.59 Å². The predicted molar refractivity (Wildman–Crippen MR) is 61.3 cm³/mol. The quantitative estimate of drug-likeness (QED) is 0.731. The third-order valence-corrected chi connectivity index (χ3v) is 2.44. The normalized spacial score (nSPS) is 12.1. The number of imidazole rings is 1. The van der Waals surface area contributed by atoms with Crippen molar-refractivity contribution in [2.24, 2.45) is 0 Å². The van der Waals surface area contributed by atoms with Crippen molar-refractivity contribution < 1.29 is 14.7 Å². The van der Waals surface area contributed by atoms with Gasteiger partial charge in [0.05, 0.1) is 12.7 Å². The van der Waals surface area contributed by atoms with E-state index in [2.05, 4.69) is 10.3 Å². The first-order chi connectivity index (χ1) is 8.11. The first-order valence-electron chi connectivity index (χ1n) is 5.58. The minimum absolute atomic E-state index is 0.0344. The van der Waals surface area contributed by atoms with E-state index in [9.17, 15) is 9.59 Å². The van der Waals surface area contributed by atoms with Gasteiger partial charge < -0.3 is 15.0 Å². The molecule has 1 rings (SSSR count). The molecule has 0 saturated carbocycles. The Kier molecular flexibility index (Phi) is 5.19. The summed E-state index contributed by atoms with van der Waals surface area (Å²) in [6, 6.07) is -0.289. The number of aliphatic carboxylic acids is 1. The Bertz CT molecular complexity index is 362. The highest BCUT2D eigenvalue weighted by Crippen LogP contribution is 1.99. The van der Waals surface area contributed by atoms with Crippen molar-refractivity contribution in [1.29, 1.82) is 0 Å². The predicted octanol–water partition coefficient (Wildman–Crippen LogP) is 0.643. The van der Waals surface area contributed by atoms with Crippen LogP contribution >= 0.6 is 0 Å². The Morgan fingerprint density at radius 1 is 1.53 bits per heavy atom.